The Morgan fingerprint density at radius 1 is 1.47 bits per heavy atom. The summed E-state index contributed by atoms with van der Waals surface area (Å²) in [4.78, 5) is 16.7. The van der Waals surface area contributed by atoms with Gasteiger partial charge >= 0.3 is 0 Å². The number of methoxy groups -OCH3 is 1. The van der Waals surface area contributed by atoms with Crippen LogP contribution in [0, 0.1) is 11.3 Å². The van der Waals surface area contributed by atoms with E-state index < -0.39 is 0 Å². The molecule has 1 amide bonds. The highest BCUT2D eigenvalue weighted by molar-refractivity contribution is 5.93. The zero-order valence-electron chi connectivity index (χ0n) is 17.7. The zero-order valence-corrected chi connectivity index (χ0v) is 17.7. The van der Waals surface area contributed by atoms with Gasteiger partial charge in [-0.15, -0.1) is 0 Å². The lowest BCUT2D eigenvalue weighted by molar-refractivity contribution is -0.576. The van der Waals surface area contributed by atoms with E-state index in [1.807, 2.05) is 33.9 Å². The Morgan fingerprint density at radius 2 is 2.31 bits per heavy atom. The number of aromatic nitrogens is 7. The summed E-state index contributed by atoms with van der Waals surface area (Å²) in [6.45, 7) is 0. The Labute approximate surface area is 183 Å². The third-order valence-electron chi connectivity index (χ3n) is 6.05. The predicted octanol–water partition coefficient (Wildman–Crippen LogP) is 1.18. The van der Waals surface area contributed by atoms with Crippen molar-refractivity contribution in [3.63, 3.8) is 0 Å². The van der Waals surface area contributed by atoms with Crippen molar-refractivity contribution in [2.45, 2.75) is 30.9 Å². The van der Waals surface area contributed by atoms with Crippen molar-refractivity contribution < 1.29 is 14.0 Å². The van der Waals surface area contributed by atoms with E-state index in [-0.39, 0.29) is 17.6 Å². The van der Waals surface area contributed by atoms with Gasteiger partial charge in [-0.3, -0.25) is 14.6 Å². The summed E-state index contributed by atoms with van der Waals surface area (Å²) in [5.41, 5.74) is 3.54. The summed E-state index contributed by atoms with van der Waals surface area (Å²) >= 11 is 0. The van der Waals surface area contributed by atoms with E-state index in [0.717, 1.165) is 23.9 Å². The van der Waals surface area contributed by atoms with Gasteiger partial charge in [0.2, 0.25) is 6.20 Å². The summed E-state index contributed by atoms with van der Waals surface area (Å²) in [5.74, 6) is -0.253. The van der Waals surface area contributed by atoms with Gasteiger partial charge in [-0.2, -0.15) is 20.6 Å². The molecule has 4 aromatic heterocycles. The van der Waals surface area contributed by atoms with Crippen LogP contribution in [0.3, 0.4) is 0 Å². The molecule has 3 N–H and O–H groups in total. The number of nitrogens with one attached hydrogen (secondary N) is 3. The average Bonchev–Trinajstić information content (AvgIpc) is 3.54. The molecule has 11 nitrogen and oxygen atoms in total. The molecule has 0 unspecified atom stereocenters. The van der Waals surface area contributed by atoms with Crippen LogP contribution in [-0.2, 0) is 10.3 Å². The molecule has 0 bridgehead atoms. The quantitative estimate of drug-likeness (QED) is 0.391. The fraction of sp³-hybridized carbons (Fsp3) is 0.333. The van der Waals surface area contributed by atoms with Gasteiger partial charge in [0, 0.05) is 32.0 Å². The third kappa shape index (κ3) is 3.12. The average molecular weight is 432 g/mol. The standard InChI is InChI=1S/C21H21N9O2/c1-23-20(31)16-7-15(27-28-16)17-12-29-18(3-6-24-29)19(26-17)13-10-25-30(11-13)21(4-5-22)8-14(9-21)32-2/h3,6-7,10-12,14H,4,8-9H2,1-2H3,(H2,23,27,28,31)/p+1. The number of hydrogen-bond acceptors (Lipinski definition) is 6. The molecule has 0 aliphatic heterocycles. The number of H-pyrrole nitrogens is 2. The van der Waals surface area contributed by atoms with Crippen LogP contribution < -0.4 is 9.83 Å². The number of nitriles is 1. The van der Waals surface area contributed by atoms with E-state index in [2.05, 4.69) is 31.8 Å². The van der Waals surface area contributed by atoms with Crippen molar-refractivity contribution in [2.24, 2.45) is 0 Å². The predicted molar refractivity (Wildman–Crippen MR) is 112 cm³/mol. The van der Waals surface area contributed by atoms with Gasteiger partial charge in [0.1, 0.15) is 17.1 Å². The SMILES string of the molecule is CNC(=O)c1cc(-c2c[n+]3[nH]ccc3c(-c3cnn(C4(CC#N)CC(OC)C4)c3)n2)n[nH]1. The summed E-state index contributed by atoms with van der Waals surface area (Å²) in [6, 6.07) is 5.88. The molecule has 0 atom stereocenters. The number of carbonyl (C=O) groups is 1. The van der Waals surface area contributed by atoms with E-state index in [1.165, 1.54) is 0 Å². The first kappa shape index (κ1) is 19.9. The van der Waals surface area contributed by atoms with Crippen molar-refractivity contribution in [3.05, 3.63) is 42.6 Å². The smallest absolute Gasteiger partial charge is 0.269 e. The highest BCUT2D eigenvalue weighted by Crippen LogP contribution is 2.43. The molecule has 32 heavy (non-hydrogen) atoms. The second-order valence-corrected chi connectivity index (χ2v) is 7.94. The maximum Gasteiger partial charge on any atom is 0.269 e. The number of hydrogen-bond donors (Lipinski definition) is 3. The first-order chi connectivity index (χ1) is 15.6. The number of aromatic amines is 2. The molecule has 1 saturated carbocycles. The molecule has 0 saturated heterocycles. The maximum atomic E-state index is 11.9. The molecule has 4 heterocycles. The molecule has 162 valence electrons. The van der Waals surface area contributed by atoms with Crippen LogP contribution in [0.25, 0.3) is 28.2 Å². The Morgan fingerprint density at radius 3 is 3.06 bits per heavy atom. The summed E-state index contributed by atoms with van der Waals surface area (Å²) in [7, 11) is 3.25. The second-order valence-electron chi connectivity index (χ2n) is 7.94. The highest BCUT2D eigenvalue weighted by Gasteiger charge is 2.47. The van der Waals surface area contributed by atoms with Gasteiger partial charge < -0.3 is 10.1 Å². The minimum atomic E-state index is -0.361. The fourth-order valence-electron chi connectivity index (χ4n) is 4.23. The van der Waals surface area contributed by atoms with E-state index >= 15 is 0 Å². The maximum absolute atomic E-state index is 11.9. The molecular weight excluding hydrogens is 410 g/mol. The van der Waals surface area contributed by atoms with Gasteiger partial charge in [0.25, 0.3) is 11.4 Å². The largest absolute Gasteiger partial charge is 0.381 e. The first-order valence-corrected chi connectivity index (χ1v) is 10.2. The number of rotatable bonds is 6. The first-order valence-electron chi connectivity index (χ1n) is 10.2. The molecule has 0 spiro atoms. The Hall–Kier alpha value is -4.04. The highest BCUT2D eigenvalue weighted by atomic mass is 16.5. The van der Waals surface area contributed by atoms with Gasteiger partial charge in [-0.05, 0) is 18.9 Å². The normalized spacial score (nSPS) is 20.1. The van der Waals surface area contributed by atoms with E-state index in [4.69, 9.17) is 9.72 Å². The van der Waals surface area contributed by atoms with Crippen LogP contribution in [0.15, 0.2) is 36.9 Å². The topological polar surface area (TPSA) is 141 Å². The third-order valence-corrected chi connectivity index (χ3v) is 6.05. The number of nitrogens with zero attached hydrogens (tertiary/aromatic N) is 6. The molecule has 4 aromatic rings. The number of carbonyl (C=O) groups excluding carboxylic acids is 1. The molecule has 0 aromatic carbocycles. The Bertz CT molecular complexity index is 1340. The fourth-order valence-corrected chi connectivity index (χ4v) is 4.23. The molecule has 1 aliphatic rings. The molecule has 1 aliphatic carbocycles. The van der Waals surface area contributed by atoms with Gasteiger partial charge in [-0.25, -0.2) is 4.98 Å². The number of fused-ring (bicyclic) bond motifs is 1. The lowest BCUT2D eigenvalue weighted by Gasteiger charge is -2.45. The van der Waals surface area contributed by atoms with Gasteiger partial charge in [0.15, 0.2) is 5.69 Å². The van der Waals surface area contributed by atoms with Gasteiger partial charge in [-0.1, -0.05) is 4.52 Å². The summed E-state index contributed by atoms with van der Waals surface area (Å²) in [6.07, 6.45) is 9.33. The zero-order chi connectivity index (χ0) is 22.3. The minimum absolute atomic E-state index is 0.138. The van der Waals surface area contributed by atoms with Crippen molar-refractivity contribution in [1.29, 1.82) is 5.26 Å². The van der Waals surface area contributed by atoms with Crippen LogP contribution >= 0.6 is 0 Å². The number of ether oxygens (including phenoxy) is 1. The Balaban J connectivity index is 1.55. The van der Waals surface area contributed by atoms with Crippen LogP contribution in [0.2, 0.25) is 0 Å². The molecular formula is C21H22N9O2+. The van der Waals surface area contributed by atoms with Crippen LogP contribution in [-0.4, -0.2) is 56.2 Å². The molecule has 1 fully saturated rings. The van der Waals surface area contributed by atoms with E-state index in [1.54, 1.807) is 26.4 Å². The second kappa shape index (κ2) is 7.58. The van der Waals surface area contributed by atoms with Crippen LogP contribution in [0.4, 0.5) is 0 Å². The summed E-state index contributed by atoms with van der Waals surface area (Å²) < 4.78 is 9.15. The van der Waals surface area contributed by atoms with Crippen molar-refractivity contribution in [1.82, 2.24) is 35.4 Å². The lowest BCUT2D eigenvalue weighted by atomic mass is 9.72. The summed E-state index contributed by atoms with van der Waals surface area (Å²) in [5, 5.41) is 26.6. The van der Waals surface area contributed by atoms with Crippen LogP contribution in [0.5, 0.6) is 0 Å². The minimum Gasteiger partial charge on any atom is -0.381 e. The van der Waals surface area contributed by atoms with Crippen molar-refractivity contribution >= 4 is 11.4 Å². The van der Waals surface area contributed by atoms with Crippen molar-refractivity contribution in [2.75, 3.05) is 14.2 Å². The monoisotopic (exact) mass is 432 g/mol. The lowest BCUT2D eigenvalue weighted by Crippen LogP contribution is -2.50. The number of amides is 1. The van der Waals surface area contributed by atoms with Gasteiger partial charge in [0.05, 0.1) is 36.5 Å². The van der Waals surface area contributed by atoms with Crippen LogP contribution in [0.1, 0.15) is 29.8 Å². The Kier molecular flexibility index (Phi) is 4.71. The molecule has 5 rings (SSSR count). The van der Waals surface area contributed by atoms with E-state index in [9.17, 15) is 10.1 Å². The molecule has 0 radical (unpaired) electrons. The van der Waals surface area contributed by atoms with Crippen molar-refractivity contribution in [3.8, 4) is 28.7 Å². The molecule has 11 heteroatoms. The van der Waals surface area contributed by atoms with E-state index in [0.29, 0.717) is 29.2 Å².